The highest BCUT2D eigenvalue weighted by molar-refractivity contribution is 7.92. The van der Waals surface area contributed by atoms with E-state index in [1.54, 1.807) is 44.2 Å². The van der Waals surface area contributed by atoms with E-state index >= 15 is 0 Å². The average Bonchev–Trinajstić information content (AvgIpc) is 2.91. The Bertz CT molecular complexity index is 1570. The quantitative estimate of drug-likeness (QED) is 0.183. The van der Waals surface area contributed by atoms with E-state index in [-0.39, 0.29) is 10.9 Å². The van der Waals surface area contributed by atoms with Crippen LogP contribution in [0, 0.1) is 11.5 Å². The summed E-state index contributed by atoms with van der Waals surface area (Å²) in [5.74, 6) is 0.477. The van der Waals surface area contributed by atoms with Crippen molar-refractivity contribution in [2.75, 3.05) is 16.2 Å². The van der Waals surface area contributed by atoms with E-state index < -0.39 is 27.8 Å². The number of aryl methyl sites for hydroxylation is 1. The minimum Gasteiger partial charge on any atom is -0.485 e. The lowest BCUT2D eigenvalue weighted by Crippen LogP contribution is -2.49. The highest BCUT2D eigenvalue weighted by Crippen LogP contribution is 2.43. The number of rotatable bonds is 4. The third-order valence-electron chi connectivity index (χ3n) is 6.89. The molecule has 39 heavy (non-hydrogen) atoms. The number of para-hydroxylation sites is 1. The zero-order chi connectivity index (χ0) is 27.8. The molecule has 2 atom stereocenters. The van der Waals surface area contributed by atoms with E-state index in [0.717, 1.165) is 12.0 Å². The maximum Gasteiger partial charge on any atom is 0.264 e. The average molecular weight is 566 g/mol. The summed E-state index contributed by atoms with van der Waals surface area (Å²) in [7, 11) is -3.92. The van der Waals surface area contributed by atoms with Crippen LogP contribution >= 0.6 is 11.6 Å². The van der Waals surface area contributed by atoms with Crippen molar-refractivity contribution in [2.45, 2.75) is 49.3 Å². The Morgan fingerprint density at radius 1 is 1.18 bits per heavy atom. The molecule has 3 aromatic rings. The van der Waals surface area contributed by atoms with Crippen molar-refractivity contribution in [3.8, 4) is 11.9 Å². The summed E-state index contributed by atoms with van der Waals surface area (Å²) in [6, 6.07) is 18.0. The lowest BCUT2D eigenvalue weighted by Gasteiger charge is -2.41. The van der Waals surface area contributed by atoms with Crippen molar-refractivity contribution in [2.24, 2.45) is 4.99 Å². The molecule has 0 radical (unpaired) electrons. The molecule has 2 unspecified atom stereocenters. The zero-order valence-corrected chi connectivity index (χ0v) is 23.0. The fraction of sp³-hybridized carbons (Fsp3) is 0.286. The van der Waals surface area contributed by atoms with Gasteiger partial charge in [0.05, 0.1) is 10.6 Å². The molecule has 0 bridgehead atoms. The lowest BCUT2D eigenvalue weighted by molar-refractivity contribution is -0.0568. The molecule has 11 heteroatoms. The first-order valence-electron chi connectivity index (χ1n) is 12.5. The number of sulfonamides is 1. The molecule has 0 amide bonds. The predicted octanol–water partition coefficient (Wildman–Crippen LogP) is 4.59. The number of benzene rings is 3. The van der Waals surface area contributed by atoms with Gasteiger partial charge < -0.3 is 15.2 Å². The maximum absolute atomic E-state index is 13.9. The zero-order valence-electron chi connectivity index (χ0n) is 21.4. The highest BCUT2D eigenvalue weighted by Gasteiger charge is 2.44. The Kier molecular flexibility index (Phi) is 7.16. The van der Waals surface area contributed by atoms with Gasteiger partial charge in [0.2, 0.25) is 5.96 Å². The van der Waals surface area contributed by atoms with E-state index in [1.165, 1.54) is 16.4 Å². The Hall–Kier alpha value is -3.78. The first-order chi connectivity index (χ1) is 18.6. The second kappa shape index (κ2) is 10.4. The minimum absolute atomic E-state index is 0.0640. The molecule has 9 nitrogen and oxygen atoms in total. The molecule has 0 saturated carbocycles. The van der Waals surface area contributed by atoms with E-state index in [4.69, 9.17) is 16.3 Å². The third kappa shape index (κ3) is 5.26. The number of fused-ring (bicyclic) bond motifs is 2. The Morgan fingerprint density at radius 3 is 2.67 bits per heavy atom. The molecule has 0 aromatic heterocycles. The van der Waals surface area contributed by atoms with Crippen molar-refractivity contribution in [1.29, 1.82) is 5.26 Å². The normalized spacial score (nSPS) is 20.2. The number of hydrogen-bond donors (Lipinski definition) is 3. The standard InChI is InChI=1S/C28H28ClN5O4S/c1-28(2)26(35)25(33-27(31-17-30)32-20-11-9-19(29)10-12-20)22-16-21(13-14-24(22)38-28)39(36,37)34-15-5-7-18-6-3-4-8-23(18)34/h3-4,6,8-14,16,25-26,35H,5,7,15H2,1-2H3,(H2,31,32,33). The highest BCUT2D eigenvalue weighted by atomic mass is 35.5. The number of nitriles is 1. The van der Waals surface area contributed by atoms with Crippen LogP contribution in [0.1, 0.15) is 37.4 Å². The largest absolute Gasteiger partial charge is 0.485 e. The topological polar surface area (TPSA) is 127 Å². The Morgan fingerprint density at radius 2 is 1.92 bits per heavy atom. The molecule has 2 aliphatic rings. The molecular formula is C28H28ClN5O4S. The van der Waals surface area contributed by atoms with Gasteiger partial charge in [0.1, 0.15) is 23.5 Å². The van der Waals surface area contributed by atoms with Crippen molar-refractivity contribution in [1.82, 2.24) is 5.32 Å². The number of nitrogens with one attached hydrogen (secondary N) is 2. The molecule has 202 valence electrons. The summed E-state index contributed by atoms with van der Waals surface area (Å²) in [5, 5.41) is 26.7. The number of aliphatic hydroxyl groups is 1. The van der Waals surface area contributed by atoms with Crippen molar-refractivity contribution in [3.63, 3.8) is 0 Å². The van der Waals surface area contributed by atoms with Crippen LogP contribution in [-0.2, 0) is 16.4 Å². The van der Waals surface area contributed by atoms with E-state index in [9.17, 15) is 18.8 Å². The van der Waals surface area contributed by atoms with Gasteiger partial charge >= 0.3 is 0 Å². The number of nitrogens with zero attached hydrogens (tertiary/aromatic N) is 3. The third-order valence-corrected chi connectivity index (χ3v) is 8.95. The van der Waals surface area contributed by atoms with Gasteiger partial charge in [0, 0.05) is 22.8 Å². The summed E-state index contributed by atoms with van der Waals surface area (Å²) >= 11 is 5.98. The second-order valence-electron chi connectivity index (χ2n) is 9.95. The van der Waals surface area contributed by atoms with Crippen LogP contribution in [0.2, 0.25) is 5.02 Å². The fourth-order valence-electron chi connectivity index (χ4n) is 4.88. The number of hydrogen-bond acceptors (Lipinski definition) is 6. The number of aliphatic hydroxyl groups excluding tert-OH is 1. The molecule has 2 aliphatic heterocycles. The van der Waals surface area contributed by atoms with Crippen LogP contribution in [0.5, 0.6) is 5.75 Å². The molecule has 0 fully saturated rings. The van der Waals surface area contributed by atoms with Gasteiger partial charge in [-0.3, -0.25) is 9.62 Å². The van der Waals surface area contributed by atoms with Crippen LogP contribution in [0.25, 0.3) is 0 Å². The van der Waals surface area contributed by atoms with Gasteiger partial charge in [-0.2, -0.15) is 5.26 Å². The van der Waals surface area contributed by atoms with Crippen LogP contribution in [-0.4, -0.2) is 37.7 Å². The molecule has 5 rings (SSSR count). The van der Waals surface area contributed by atoms with Gasteiger partial charge in [0.25, 0.3) is 10.0 Å². The van der Waals surface area contributed by atoms with Crippen molar-refractivity contribution >= 4 is 39.0 Å². The monoisotopic (exact) mass is 565 g/mol. The van der Waals surface area contributed by atoms with Gasteiger partial charge in [-0.15, -0.1) is 0 Å². The van der Waals surface area contributed by atoms with E-state index in [0.29, 0.717) is 40.7 Å². The Balaban J connectivity index is 1.57. The Labute approximate surface area is 232 Å². The number of aliphatic imine (C=N–C) groups is 1. The summed E-state index contributed by atoms with van der Waals surface area (Å²) in [5.41, 5.74) is 1.62. The van der Waals surface area contributed by atoms with Crippen molar-refractivity contribution < 1.29 is 18.3 Å². The number of halogens is 1. The molecule has 0 spiro atoms. The second-order valence-corrected chi connectivity index (χ2v) is 12.2. The van der Waals surface area contributed by atoms with Crippen molar-refractivity contribution in [3.05, 3.63) is 82.9 Å². The fourth-order valence-corrected chi connectivity index (χ4v) is 6.58. The lowest BCUT2D eigenvalue weighted by atomic mass is 9.87. The van der Waals surface area contributed by atoms with Gasteiger partial charge in [-0.25, -0.2) is 13.4 Å². The molecular weight excluding hydrogens is 538 g/mol. The SMILES string of the molecule is CC1(C)Oc2ccc(S(=O)(=O)N3CCCc4ccccc43)cc2C(/N=C(/NC#N)Nc2ccc(Cl)cc2)C1O. The van der Waals surface area contributed by atoms with Crippen LogP contribution in [0.4, 0.5) is 11.4 Å². The number of anilines is 2. The van der Waals surface area contributed by atoms with Crippen LogP contribution < -0.4 is 19.7 Å². The summed E-state index contributed by atoms with van der Waals surface area (Å²) in [4.78, 5) is 4.70. The molecule has 3 aromatic carbocycles. The predicted molar refractivity (Wildman–Crippen MR) is 150 cm³/mol. The first-order valence-corrected chi connectivity index (χ1v) is 14.3. The molecule has 0 saturated heterocycles. The van der Waals surface area contributed by atoms with Crippen LogP contribution in [0.3, 0.4) is 0 Å². The molecule has 3 N–H and O–H groups in total. The van der Waals surface area contributed by atoms with E-state index in [2.05, 4.69) is 15.6 Å². The van der Waals surface area contributed by atoms with E-state index in [1.807, 2.05) is 30.5 Å². The van der Waals surface area contributed by atoms with Gasteiger partial charge in [-0.05, 0) is 80.8 Å². The molecule has 2 heterocycles. The maximum atomic E-state index is 13.9. The minimum atomic E-state index is -3.92. The first kappa shape index (κ1) is 26.8. The summed E-state index contributed by atoms with van der Waals surface area (Å²) in [6.07, 6.45) is 2.23. The number of ether oxygens (including phenoxy) is 1. The summed E-state index contributed by atoms with van der Waals surface area (Å²) < 4.78 is 35.2. The number of guanidine groups is 1. The van der Waals surface area contributed by atoms with Gasteiger partial charge in [0.15, 0.2) is 6.19 Å². The molecule has 0 aliphatic carbocycles. The van der Waals surface area contributed by atoms with Gasteiger partial charge in [-0.1, -0.05) is 29.8 Å². The smallest absolute Gasteiger partial charge is 0.264 e. The van der Waals surface area contributed by atoms with Crippen LogP contribution in [0.15, 0.2) is 76.6 Å². The summed E-state index contributed by atoms with van der Waals surface area (Å²) in [6.45, 7) is 3.82.